The van der Waals surface area contributed by atoms with Crippen LogP contribution in [0.15, 0.2) is 22.7 Å². The minimum absolute atomic E-state index is 0.0108. The van der Waals surface area contributed by atoms with Gasteiger partial charge in [-0.05, 0) is 18.2 Å². The number of hydrogen-bond donors (Lipinski definition) is 0. The maximum Gasteiger partial charge on any atom is 0.417 e. The molecular weight excluding hydrogens is 349 g/mol. The third-order valence-electron chi connectivity index (χ3n) is 1.73. The Hall–Kier alpha value is -0.470. The van der Waals surface area contributed by atoms with E-state index in [0.29, 0.717) is 16.2 Å². The van der Waals surface area contributed by atoms with Crippen molar-refractivity contribution < 1.29 is 13.2 Å². The smallest absolute Gasteiger partial charge is 0.166 e. The van der Waals surface area contributed by atoms with Crippen molar-refractivity contribution in [3.05, 3.63) is 33.8 Å². The zero-order valence-corrected chi connectivity index (χ0v) is 11.2. The highest BCUT2D eigenvalue weighted by Gasteiger charge is 2.33. The summed E-state index contributed by atoms with van der Waals surface area (Å²) in [5.74, 6) is 5.20. The molecule has 0 aromatic heterocycles. The first-order valence-electron chi connectivity index (χ1n) is 4.36. The largest absolute Gasteiger partial charge is 0.417 e. The molecule has 1 rings (SSSR count). The Morgan fingerprint density at radius 3 is 2.50 bits per heavy atom. The van der Waals surface area contributed by atoms with Crippen LogP contribution in [0.5, 0.6) is 0 Å². The van der Waals surface area contributed by atoms with Crippen molar-refractivity contribution in [2.24, 2.45) is 0 Å². The van der Waals surface area contributed by atoms with E-state index in [0.717, 1.165) is 6.07 Å². The van der Waals surface area contributed by atoms with Crippen LogP contribution in [0.4, 0.5) is 13.2 Å². The van der Waals surface area contributed by atoms with Crippen LogP contribution in [0, 0.1) is 11.8 Å². The van der Waals surface area contributed by atoms with Gasteiger partial charge in [-0.2, -0.15) is 13.2 Å². The molecule has 0 bridgehead atoms. The molecule has 0 heterocycles. The summed E-state index contributed by atoms with van der Waals surface area (Å²) in [7, 11) is 0. The zero-order chi connectivity index (χ0) is 12.2. The summed E-state index contributed by atoms with van der Waals surface area (Å²) in [6, 6.07) is 3.96. The lowest BCUT2D eigenvalue weighted by atomic mass is 10.1. The average molecular weight is 356 g/mol. The molecule has 0 amide bonds. The summed E-state index contributed by atoms with van der Waals surface area (Å²) in [5, 5.41) is 0.651. The van der Waals surface area contributed by atoms with Crippen molar-refractivity contribution in [3.63, 3.8) is 0 Å². The first kappa shape index (κ1) is 13.6. The van der Waals surface area contributed by atoms with Crippen LogP contribution in [0.1, 0.15) is 17.5 Å². The number of halogens is 5. The third kappa shape index (κ3) is 3.84. The van der Waals surface area contributed by atoms with E-state index in [1.54, 1.807) is 6.07 Å². The Balaban J connectivity index is 3.15. The van der Waals surface area contributed by atoms with Gasteiger partial charge in [0.25, 0.3) is 0 Å². The lowest BCUT2D eigenvalue weighted by Gasteiger charge is -2.09. The molecule has 1 aromatic rings. The molecule has 16 heavy (non-hydrogen) atoms. The van der Waals surface area contributed by atoms with Crippen molar-refractivity contribution >= 4 is 31.9 Å². The molecule has 0 radical (unpaired) electrons. The van der Waals surface area contributed by atoms with E-state index in [-0.39, 0.29) is 5.56 Å². The lowest BCUT2D eigenvalue weighted by Crippen LogP contribution is -2.07. The highest BCUT2D eigenvalue weighted by molar-refractivity contribution is 9.10. The fourth-order valence-corrected chi connectivity index (χ4v) is 1.62. The van der Waals surface area contributed by atoms with E-state index >= 15 is 0 Å². The highest BCUT2D eigenvalue weighted by atomic mass is 79.9. The normalized spacial score (nSPS) is 10.8. The Morgan fingerprint density at radius 1 is 1.25 bits per heavy atom. The second-order valence-electron chi connectivity index (χ2n) is 2.93. The minimum Gasteiger partial charge on any atom is -0.166 e. The third-order valence-corrected chi connectivity index (χ3v) is 2.62. The molecule has 0 nitrogen and oxygen atoms in total. The molecule has 86 valence electrons. The van der Waals surface area contributed by atoms with Crippen molar-refractivity contribution in [2.45, 2.75) is 12.6 Å². The van der Waals surface area contributed by atoms with E-state index in [1.807, 2.05) is 0 Å². The van der Waals surface area contributed by atoms with Gasteiger partial charge >= 0.3 is 6.18 Å². The van der Waals surface area contributed by atoms with Gasteiger partial charge in [-0.1, -0.05) is 43.7 Å². The van der Waals surface area contributed by atoms with Gasteiger partial charge in [-0.3, -0.25) is 0 Å². The van der Waals surface area contributed by atoms with E-state index in [4.69, 9.17) is 0 Å². The number of hydrogen-bond acceptors (Lipinski definition) is 0. The van der Waals surface area contributed by atoms with Gasteiger partial charge in [0, 0.05) is 21.8 Å². The van der Waals surface area contributed by atoms with Gasteiger partial charge in [0.15, 0.2) is 0 Å². The van der Waals surface area contributed by atoms with E-state index in [1.165, 1.54) is 6.07 Å². The predicted octanol–water partition coefficient (Wildman–Crippen LogP) is 4.60. The van der Waals surface area contributed by atoms with Gasteiger partial charge in [-0.15, -0.1) is 0 Å². The Bertz CT molecular complexity index is 427. The summed E-state index contributed by atoms with van der Waals surface area (Å²) in [5.41, 5.74) is -0.694. The monoisotopic (exact) mass is 354 g/mol. The standard InChI is InChI=1S/C11H7Br2F3/c12-6-2-1-3-8-4-5-9(13)7-10(8)11(14,15)16/h4-5,7H,2,6H2. The molecule has 5 heteroatoms. The van der Waals surface area contributed by atoms with Crippen LogP contribution in [0.25, 0.3) is 0 Å². The van der Waals surface area contributed by atoms with Crippen molar-refractivity contribution in [1.29, 1.82) is 0 Å². The lowest BCUT2D eigenvalue weighted by molar-refractivity contribution is -0.137. The van der Waals surface area contributed by atoms with Gasteiger partial charge in [0.05, 0.1) is 5.56 Å². The van der Waals surface area contributed by atoms with Crippen molar-refractivity contribution in [2.75, 3.05) is 5.33 Å². The van der Waals surface area contributed by atoms with Gasteiger partial charge < -0.3 is 0 Å². The highest BCUT2D eigenvalue weighted by Crippen LogP contribution is 2.33. The molecule has 0 fully saturated rings. The van der Waals surface area contributed by atoms with Crippen molar-refractivity contribution in [3.8, 4) is 11.8 Å². The average Bonchev–Trinajstić information content (AvgIpc) is 2.19. The fraction of sp³-hybridized carbons (Fsp3) is 0.273. The molecule has 0 aliphatic rings. The Labute approximate surface area is 108 Å². The molecule has 0 aliphatic heterocycles. The summed E-state index contributed by atoms with van der Waals surface area (Å²) in [6.45, 7) is 0. The Kier molecular flexibility index (Phi) is 4.88. The molecule has 1 aromatic carbocycles. The summed E-state index contributed by atoms with van der Waals surface area (Å²) in [4.78, 5) is 0. The first-order chi connectivity index (χ1) is 7.45. The zero-order valence-electron chi connectivity index (χ0n) is 8.04. The molecule has 0 spiro atoms. The second-order valence-corrected chi connectivity index (χ2v) is 4.64. The summed E-state index contributed by atoms with van der Waals surface area (Å²) < 4.78 is 38.3. The molecule has 0 N–H and O–H groups in total. The van der Waals surface area contributed by atoms with Gasteiger partial charge in [-0.25, -0.2) is 0 Å². The maximum absolute atomic E-state index is 12.6. The van der Waals surface area contributed by atoms with Crippen LogP contribution in [-0.2, 0) is 6.18 Å². The molecule has 0 saturated heterocycles. The topological polar surface area (TPSA) is 0 Å². The van der Waals surface area contributed by atoms with Gasteiger partial charge in [0.1, 0.15) is 0 Å². The van der Waals surface area contributed by atoms with Crippen LogP contribution in [-0.4, -0.2) is 5.33 Å². The van der Waals surface area contributed by atoms with Crippen LogP contribution in [0.2, 0.25) is 0 Å². The number of benzene rings is 1. The number of rotatable bonds is 1. The first-order valence-corrected chi connectivity index (χ1v) is 6.28. The van der Waals surface area contributed by atoms with E-state index in [2.05, 4.69) is 43.7 Å². The van der Waals surface area contributed by atoms with Crippen LogP contribution >= 0.6 is 31.9 Å². The maximum atomic E-state index is 12.6. The SMILES string of the molecule is FC(F)(F)c1cc(Br)ccc1C#CCCBr. The predicted molar refractivity (Wildman–Crippen MR) is 64.4 cm³/mol. The minimum atomic E-state index is -4.37. The molecular formula is C11H7Br2F3. The summed E-state index contributed by atoms with van der Waals surface area (Å²) >= 11 is 6.18. The van der Waals surface area contributed by atoms with Gasteiger partial charge in [0.2, 0.25) is 0 Å². The summed E-state index contributed by atoms with van der Waals surface area (Å²) in [6.07, 6.45) is -3.85. The second kappa shape index (κ2) is 5.74. The molecule has 0 saturated carbocycles. The van der Waals surface area contributed by atoms with E-state index in [9.17, 15) is 13.2 Å². The van der Waals surface area contributed by atoms with Crippen LogP contribution in [0.3, 0.4) is 0 Å². The number of alkyl halides is 4. The van der Waals surface area contributed by atoms with E-state index < -0.39 is 11.7 Å². The van der Waals surface area contributed by atoms with Crippen LogP contribution < -0.4 is 0 Å². The van der Waals surface area contributed by atoms with Crippen molar-refractivity contribution in [1.82, 2.24) is 0 Å². The molecule has 0 aliphatic carbocycles. The Morgan fingerprint density at radius 2 is 1.94 bits per heavy atom. The molecule has 0 unspecified atom stereocenters. The quantitative estimate of drug-likeness (QED) is 0.510. The molecule has 0 atom stereocenters. The fourth-order valence-electron chi connectivity index (χ4n) is 1.06.